The highest BCUT2D eigenvalue weighted by Gasteiger charge is 2.38. The van der Waals surface area contributed by atoms with Crippen molar-refractivity contribution in [1.82, 2.24) is 20.5 Å². The van der Waals surface area contributed by atoms with Gasteiger partial charge in [-0.2, -0.15) is 0 Å². The number of carbonyl (C=O) groups is 1. The van der Waals surface area contributed by atoms with Crippen molar-refractivity contribution in [1.29, 1.82) is 0 Å². The number of aromatic nitrogens is 3. The van der Waals surface area contributed by atoms with Crippen molar-refractivity contribution in [2.24, 2.45) is 0 Å². The van der Waals surface area contributed by atoms with Gasteiger partial charge in [-0.15, -0.1) is 5.10 Å². The first-order valence-corrected chi connectivity index (χ1v) is 11.1. The Bertz CT molecular complexity index is 1240. The quantitative estimate of drug-likeness (QED) is 0.604. The van der Waals surface area contributed by atoms with E-state index < -0.39 is 15.9 Å². The molecule has 2 aliphatic rings. The molecular formula is C19H19N7O4S. The van der Waals surface area contributed by atoms with Gasteiger partial charge in [-0.3, -0.25) is 9.78 Å². The third-order valence-corrected chi connectivity index (χ3v) is 7.00. The number of amides is 1. The van der Waals surface area contributed by atoms with Crippen LogP contribution in [0.25, 0.3) is 0 Å². The zero-order chi connectivity index (χ0) is 21.4. The van der Waals surface area contributed by atoms with Gasteiger partial charge in [0, 0.05) is 32.4 Å². The number of piperazine rings is 1. The first kappa shape index (κ1) is 19.5. The Morgan fingerprint density at radius 1 is 1.13 bits per heavy atom. The molecule has 4 heterocycles. The molecule has 0 spiro atoms. The Morgan fingerprint density at radius 3 is 2.74 bits per heavy atom. The van der Waals surface area contributed by atoms with Gasteiger partial charge in [-0.25, -0.2) is 12.7 Å². The number of hydrogen-bond donors (Lipinski definition) is 2. The highest BCUT2D eigenvalue weighted by Crippen LogP contribution is 2.33. The van der Waals surface area contributed by atoms with Gasteiger partial charge in [0.1, 0.15) is 0 Å². The van der Waals surface area contributed by atoms with Gasteiger partial charge in [0.05, 0.1) is 29.0 Å². The molecular weight excluding hydrogens is 422 g/mol. The lowest BCUT2D eigenvalue weighted by Gasteiger charge is -2.30. The number of fused-ring (bicyclic) bond motifs is 1. The third-order valence-electron chi connectivity index (χ3n) is 5.18. The zero-order valence-electron chi connectivity index (χ0n) is 16.4. The van der Waals surface area contributed by atoms with E-state index in [1.54, 1.807) is 30.6 Å². The maximum absolute atomic E-state index is 12.8. The van der Waals surface area contributed by atoms with Crippen molar-refractivity contribution in [2.45, 2.75) is 11.4 Å². The van der Waals surface area contributed by atoms with Gasteiger partial charge in [0.2, 0.25) is 0 Å². The van der Waals surface area contributed by atoms with Crippen molar-refractivity contribution in [3.05, 3.63) is 54.2 Å². The molecule has 2 aromatic heterocycles. The number of sulfonamides is 1. The minimum absolute atomic E-state index is 0.0670. The smallest absolute Gasteiger partial charge is 0.333 e. The SMILES string of the molecule is O=C(Nc1cnccc1N1CCNCC1)c1nnc(N2Cc3ccccc3S2(=O)=O)o1. The van der Waals surface area contributed by atoms with Gasteiger partial charge in [-0.05, 0) is 17.7 Å². The second-order valence-electron chi connectivity index (χ2n) is 7.09. The van der Waals surface area contributed by atoms with Gasteiger partial charge in [-0.1, -0.05) is 23.3 Å². The molecule has 2 N–H and O–H groups in total. The lowest BCUT2D eigenvalue weighted by molar-refractivity contribution is 0.0990. The molecule has 1 amide bonds. The summed E-state index contributed by atoms with van der Waals surface area (Å²) in [6.07, 6.45) is 3.21. The molecule has 1 aromatic carbocycles. The summed E-state index contributed by atoms with van der Waals surface area (Å²) in [5.41, 5.74) is 1.97. The monoisotopic (exact) mass is 441 g/mol. The Balaban J connectivity index is 1.36. The van der Waals surface area contributed by atoms with E-state index in [4.69, 9.17) is 4.42 Å². The molecule has 5 rings (SSSR count). The van der Waals surface area contributed by atoms with Crippen LogP contribution in [-0.2, 0) is 16.6 Å². The highest BCUT2D eigenvalue weighted by atomic mass is 32.2. The number of nitrogens with zero attached hydrogens (tertiary/aromatic N) is 5. The fraction of sp³-hybridized carbons (Fsp3) is 0.263. The van der Waals surface area contributed by atoms with Gasteiger partial charge in [0.25, 0.3) is 10.0 Å². The molecule has 1 saturated heterocycles. The maximum Gasteiger partial charge on any atom is 0.333 e. The molecule has 31 heavy (non-hydrogen) atoms. The molecule has 1 fully saturated rings. The molecule has 12 heteroatoms. The molecule has 11 nitrogen and oxygen atoms in total. The maximum atomic E-state index is 12.8. The van der Waals surface area contributed by atoms with E-state index in [0.29, 0.717) is 11.3 Å². The summed E-state index contributed by atoms with van der Waals surface area (Å²) < 4.78 is 31.9. The number of benzene rings is 1. The van der Waals surface area contributed by atoms with Crippen LogP contribution in [0.2, 0.25) is 0 Å². The Labute approximate surface area is 178 Å². The number of carbonyl (C=O) groups excluding carboxylic acids is 1. The first-order valence-electron chi connectivity index (χ1n) is 9.69. The average molecular weight is 441 g/mol. The standard InChI is InChI=1S/C19H19N7O4S/c27-17(22-14-11-21-6-5-15(14)25-9-7-20-8-10-25)18-23-24-19(30-18)26-12-13-3-1-2-4-16(13)31(26,28)29/h1-6,11,20H,7-10,12H2,(H,22,27). The second kappa shape index (κ2) is 7.63. The van der Waals surface area contributed by atoms with Crippen LogP contribution < -0.4 is 19.8 Å². The summed E-state index contributed by atoms with van der Waals surface area (Å²) in [5, 5.41) is 13.6. The van der Waals surface area contributed by atoms with E-state index in [0.717, 1.165) is 36.2 Å². The number of hydrogen-bond acceptors (Lipinski definition) is 9. The van der Waals surface area contributed by atoms with Crippen LogP contribution >= 0.6 is 0 Å². The van der Waals surface area contributed by atoms with Crippen LogP contribution in [0, 0.1) is 0 Å². The van der Waals surface area contributed by atoms with Gasteiger partial charge >= 0.3 is 17.8 Å². The predicted octanol–water partition coefficient (Wildman–Crippen LogP) is 0.835. The number of nitrogens with one attached hydrogen (secondary N) is 2. The van der Waals surface area contributed by atoms with Crippen molar-refractivity contribution >= 4 is 33.3 Å². The summed E-state index contributed by atoms with van der Waals surface area (Å²) in [6, 6.07) is 8.22. The van der Waals surface area contributed by atoms with Gasteiger partial charge < -0.3 is 20.0 Å². The number of rotatable bonds is 4. The van der Waals surface area contributed by atoms with Crippen molar-refractivity contribution in [3.63, 3.8) is 0 Å². The number of pyridine rings is 1. The van der Waals surface area contributed by atoms with E-state index in [1.807, 2.05) is 6.07 Å². The Morgan fingerprint density at radius 2 is 1.94 bits per heavy atom. The van der Waals surface area contributed by atoms with E-state index in [-0.39, 0.29) is 23.3 Å². The summed E-state index contributed by atoms with van der Waals surface area (Å²) in [7, 11) is -3.81. The molecule has 0 radical (unpaired) electrons. The van der Waals surface area contributed by atoms with Crippen molar-refractivity contribution < 1.29 is 17.6 Å². The Hall–Kier alpha value is -3.51. The average Bonchev–Trinajstić information content (AvgIpc) is 3.38. The normalized spacial score (nSPS) is 17.4. The van der Waals surface area contributed by atoms with E-state index in [1.165, 1.54) is 6.07 Å². The second-order valence-corrected chi connectivity index (χ2v) is 8.92. The zero-order valence-corrected chi connectivity index (χ0v) is 17.2. The van der Waals surface area contributed by atoms with E-state index >= 15 is 0 Å². The molecule has 2 aliphatic heterocycles. The van der Waals surface area contributed by atoms with Crippen LogP contribution in [0.4, 0.5) is 17.4 Å². The van der Waals surface area contributed by atoms with Gasteiger partial charge in [0.15, 0.2) is 0 Å². The summed E-state index contributed by atoms with van der Waals surface area (Å²) in [4.78, 5) is 19.1. The molecule has 3 aromatic rings. The molecule has 0 saturated carbocycles. The topological polar surface area (TPSA) is 134 Å². The van der Waals surface area contributed by atoms with Crippen molar-refractivity contribution in [2.75, 3.05) is 40.7 Å². The van der Waals surface area contributed by atoms with E-state index in [9.17, 15) is 13.2 Å². The minimum Gasteiger partial charge on any atom is -0.398 e. The predicted molar refractivity (Wildman–Crippen MR) is 111 cm³/mol. The molecule has 160 valence electrons. The molecule has 0 aliphatic carbocycles. The van der Waals surface area contributed by atoms with Crippen LogP contribution in [-0.4, -0.2) is 55.7 Å². The fourth-order valence-electron chi connectivity index (χ4n) is 3.66. The van der Waals surface area contributed by atoms with Crippen LogP contribution in [0.3, 0.4) is 0 Å². The largest absolute Gasteiger partial charge is 0.398 e. The van der Waals surface area contributed by atoms with Crippen molar-refractivity contribution in [3.8, 4) is 0 Å². The van der Waals surface area contributed by atoms with Crippen LogP contribution in [0.5, 0.6) is 0 Å². The minimum atomic E-state index is -3.81. The highest BCUT2D eigenvalue weighted by molar-refractivity contribution is 7.93. The first-order chi connectivity index (χ1) is 15.0. The van der Waals surface area contributed by atoms with Crippen LogP contribution in [0.15, 0.2) is 52.0 Å². The molecule has 0 atom stereocenters. The molecule has 0 bridgehead atoms. The lowest BCUT2D eigenvalue weighted by Crippen LogP contribution is -2.43. The third kappa shape index (κ3) is 3.49. The summed E-state index contributed by atoms with van der Waals surface area (Å²) in [6.45, 7) is 3.35. The van der Waals surface area contributed by atoms with E-state index in [2.05, 4.69) is 30.7 Å². The van der Waals surface area contributed by atoms with Crippen LogP contribution in [0.1, 0.15) is 16.2 Å². The fourth-order valence-corrected chi connectivity index (χ4v) is 5.20. The Kier molecular flexibility index (Phi) is 4.79. The summed E-state index contributed by atoms with van der Waals surface area (Å²) >= 11 is 0. The lowest BCUT2D eigenvalue weighted by atomic mass is 10.2. The summed E-state index contributed by atoms with van der Waals surface area (Å²) in [5.74, 6) is -0.978. The molecule has 0 unspecified atom stereocenters. The number of anilines is 3.